The molecule has 88 valence electrons. The molecular formula is C10H13BrN2O3. The summed E-state index contributed by atoms with van der Waals surface area (Å²) in [7, 11) is 1.55. The smallest absolute Gasteiger partial charge is 0.319 e. The Kier molecular flexibility index (Phi) is 3.95. The van der Waals surface area contributed by atoms with Gasteiger partial charge in [-0.2, -0.15) is 4.98 Å². The minimum absolute atomic E-state index is 0.165. The van der Waals surface area contributed by atoms with Crippen LogP contribution in [0.25, 0.3) is 0 Å². The Morgan fingerprint density at radius 1 is 1.62 bits per heavy atom. The minimum Gasteiger partial charge on any atom is -0.480 e. The Morgan fingerprint density at radius 2 is 2.50 bits per heavy atom. The zero-order valence-corrected chi connectivity index (χ0v) is 10.6. The zero-order chi connectivity index (χ0) is 11.4. The monoisotopic (exact) mass is 288 g/mol. The molecular weight excluding hydrogens is 276 g/mol. The van der Waals surface area contributed by atoms with E-state index in [2.05, 4.69) is 25.9 Å². The summed E-state index contributed by atoms with van der Waals surface area (Å²) in [5.74, 6) is 0.470. The minimum atomic E-state index is 0.165. The quantitative estimate of drug-likeness (QED) is 0.846. The average Bonchev–Trinajstić information content (AvgIpc) is 2.81. The van der Waals surface area contributed by atoms with Crippen LogP contribution in [0.1, 0.15) is 12.8 Å². The SMILES string of the molecule is COc1nc(OCC2CCCO2)ncc1Br. The number of hydrogen-bond donors (Lipinski definition) is 0. The molecule has 0 N–H and O–H groups in total. The Morgan fingerprint density at radius 3 is 3.19 bits per heavy atom. The van der Waals surface area contributed by atoms with Crippen molar-refractivity contribution in [2.45, 2.75) is 18.9 Å². The highest BCUT2D eigenvalue weighted by molar-refractivity contribution is 9.10. The van der Waals surface area contributed by atoms with E-state index in [0.29, 0.717) is 23.0 Å². The maximum Gasteiger partial charge on any atom is 0.319 e. The van der Waals surface area contributed by atoms with Gasteiger partial charge in [0.1, 0.15) is 6.61 Å². The lowest BCUT2D eigenvalue weighted by Gasteiger charge is -2.10. The first kappa shape index (κ1) is 11.6. The number of aromatic nitrogens is 2. The van der Waals surface area contributed by atoms with Crippen molar-refractivity contribution in [2.75, 3.05) is 20.3 Å². The molecule has 6 heteroatoms. The van der Waals surface area contributed by atoms with Crippen LogP contribution < -0.4 is 9.47 Å². The summed E-state index contributed by atoms with van der Waals surface area (Å²) >= 11 is 3.28. The van der Waals surface area contributed by atoms with Gasteiger partial charge in [-0.25, -0.2) is 4.98 Å². The Labute approximate surface area is 102 Å². The number of nitrogens with zero attached hydrogens (tertiary/aromatic N) is 2. The predicted octanol–water partition coefficient (Wildman–Crippen LogP) is 1.81. The summed E-state index contributed by atoms with van der Waals surface area (Å²) in [4.78, 5) is 8.13. The summed E-state index contributed by atoms with van der Waals surface area (Å²) in [5, 5.41) is 0. The molecule has 16 heavy (non-hydrogen) atoms. The largest absolute Gasteiger partial charge is 0.480 e. The molecule has 1 atom stereocenters. The van der Waals surface area contributed by atoms with Crippen LogP contribution in [0.15, 0.2) is 10.7 Å². The van der Waals surface area contributed by atoms with Crippen molar-refractivity contribution in [3.05, 3.63) is 10.7 Å². The van der Waals surface area contributed by atoms with E-state index < -0.39 is 0 Å². The van der Waals surface area contributed by atoms with Crippen molar-refractivity contribution in [1.29, 1.82) is 0 Å². The third-order valence-electron chi connectivity index (χ3n) is 2.31. The van der Waals surface area contributed by atoms with Crippen molar-refractivity contribution in [2.24, 2.45) is 0 Å². The van der Waals surface area contributed by atoms with Gasteiger partial charge in [0.05, 0.1) is 23.9 Å². The molecule has 0 amide bonds. The second-order valence-electron chi connectivity index (χ2n) is 3.46. The second-order valence-corrected chi connectivity index (χ2v) is 4.31. The number of halogens is 1. The molecule has 5 nitrogen and oxygen atoms in total. The topological polar surface area (TPSA) is 53.5 Å². The molecule has 0 spiro atoms. The van der Waals surface area contributed by atoms with Crippen molar-refractivity contribution in [1.82, 2.24) is 9.97 Å². The van der Waals surface area contributed by atoms with Gasteiger partial charge in [0, 0.05) is 6.61 Å². The van der Waals surface area contributed by atoms with E-state index in [1.54, 1.807) is 13.3 Å². The molecule has 1 aromatic heterocycles. The van der Waals surface area contributed by atoms with Gasteiger partial charge >= 0.3 is 6.01 Å². The normalized spacial score (nSPS) is 19.8. The lowest BCUT2D eigenvalue weighted by Crippen LogP contribution is -2.17. The van der Waals surface area contributed by atoms with Gasteiger partial charge in [0.15, 0.2) is 0 Å². The van der Waals surface area contributed by atoms with Gasteiger partial charge in [0.2, 0.25) is 5.88 Å². The molecule has 1 aromatic rings. The van der Waals surface area contributed by atoms with Crippen LogP contribution in [-0.2, 0) is 4.74 Å². The summed E-state index contributed by atoms with van der Waals surface area (Å²) in [6, 6.07) is 0.315. The zero-order valence-electron chi connectivity index (χ0n) is 8.98. The van der Waals surface area contributed by atoms with Crippen LogP contribution in [0.4, 0.5) is 0 Å². The molecule has 1 unspecified atom stereocenters. The van der Waals surface area contributed by atoms with Crippen molar-refractivity contribution >= 4 is 15.9 Å². The number of rotatable bonds is 4. The van der Waals surface area contributed by atoms with Crippen LogP contribution >= 0.6 is 15.9 Å². The first-order valence-corrected chi connectivity index (χ1v) is 5.90. The van der Waals surface area contributed by atoms with E-state index in [0.717, 1.165) is 19.4 Å². The maximum absolute atomic E-state index is 5.44. The average molecular weight is 289 g/mol. The highest BCUT2D eigenvalue weighted by Crippen LogP contribution is 2.23. The fraction of sp³-hybridized carbons (Fsp3) is 0.600. The van der Waals surface area contributed by atoms with E-state index in [4.69, 9.17) is 14.2 Å². The second kappa shape index (κ2) is 5.45. The van der Waals surface area contributed by atoms with Crippen LogP contribution in [0.2, 0.25) is 0 Å². The third kappa shape index (κ3) is 2.82. The molecule has 0 saturated carbocycles. The van der Waals surface area contributed by atoms with Gasteiger partial charge in [0.25, 0.3) is 0 Å². The van der Waals surface area contributed by atoms with Gasteiger partial charge in [-0.3, -0.25) is 0 Å². The maximum atomic E-state index is 5.44. The molecule has 0 bridgehead atoms. The van der Waals surface area contributed by atoms with Crippen molar-refractivity contribution < 1.29 is 14.2 Å². The molecule has 0 radical (unpaired) electrons. The molecule has 1 saturated heterocycles. The molecule has 1 aliphatic heterocycles. The molecule has 2 heterocycles. The summed E-state index contributed by atoms with van der Waals surface area (Å²) in [6.45, 7) is 1.31. The third-order valence-corrected chi connectivity index (χ3v) is 2.85. The Hall–Kier alpha value is -0.880. The van der Waals surface area contributed by atoms with Crippen LogP contribution in [0.5, 0.6) is 11.9 Å². The molecule has 1 aliphatic rings. The van der Waals surface area contributed by atoms with Crippen molar-refractivity contribution in [3.63, 3.8) is 0 Å². The lowest BCUT2D eigenvalue weighted by molar-refractivity contribution is 0.0642. The van der Waals surface area contributed by atoms with Gasteiger partial charge < -0.3 is 14.2 Å². The Balaban J connectivity index is 1.93. The van der Waals surface area contributed by atoms with E-state index in [-0.39, 0.29) is 6.10 Å². The first-order chi connectivity index (χ1) is 7.79. The number of hydrogen-bond acceptors (Lipinski definition) is 5. The highest BCUT2D eigenvalue weighted by atomic mass is 79.9. The van der Waals surface area contributed by atoms with Gasteiger partial charge in [-0.15, -0.1) is 0 Å². The standard InChI is InChI=1S/C10H13BrN2O3/c1-14-9-8(11)5-12-10(13-9)16-6-7-3-2-4-15-7/h5,7H,2-4,6H2,1H3. The van der Waals surface area contributed by atoms with Gasteiger partial charge in [-0.1, -0.05) is 0 Å². The molecule has 0 aromatic carbocycles. The van der Waals surface area contributed by atoms with E-state index in [1.165, 1.54) is 0 Å². The molecule has 0 aliphatic carbocycles. The molecule has 2 rings (SSSR count). The lowest BCUT2D eigenvalue weighted by atomic mass is 10.2. The fourth-order valence-electron chi connectivity index (χ4n) is 1.49. The predicted molar refractivity (Wildman–Crippen MR) is 60.8 cm³/mol. The number of methoxy groups -OCH3 is 1. The highest BCUT2D eigenvalue weighted by Gasteiger charge is 2.17. The Bertz CT molecular complexity index is 356. The van der Waals surface area contributed by atoms with Crippen molar-refractivity contribution in [3.8, 4) is 11.9 Å². The van der Waals surface area contributed by atoms with Crippen LogP contribution in [0, 0.1) is 0 Å². The van der Waals surface area contributed by atoms with E-state index >= 15 is 0 Å². The van der Waals surface area contributed by atoms with E-state index in [1.807, 2.05) is 0 Å². The summed E-state index contributed by atoms with van der Waals surface area (Å²) in [6.07, 6.45) is 3.90. The summed E-state index contributed by atoms with van der Waals surface area (Å²) < 4.78 is 16.6. The van der Waals surface area contributed by atoms with E-state index in [9.17, 15) is 0 Å². The van der Waals surface area contributed by atoms with Crippen LogP contribution in [0.3, 0.4) is 0 Å². The first-order valence-electron chi connectivity index (χ1n) is 5.10. The summed E-state index contributed by atoms with van der Waals surface area (Å²) in [5.41, 5.74) is 0. The van der Waals surface area contributed by atoms with Crippen LogP contribution in [-0.4, -0.2) is 36.4 Å². The number of ether oxygens (including phenoxy) is 3. The van der Waals surface area contributed by atoms with Gasteiger partial charge in [-0.05, 0) is 28.8 Å². The molecule has 1 fully saturated rings. The fourth-order valence-corrected chi connectivity index (χ4v) is 1.85.